The molecule has 3 heteroatoms. The molecule has 0 aromatic carbocycles. The van der Waals surface area contributed by atoms with Gasteiger partial charge in [0.2, 0.25) is 0 Å². The molecule has 1 aliphatic heterocycles. The first-order valence-electron chi connectivity index (χ1n) is 5.76. The van der Waals surface area contributed by atoms with Crippen molar-refractivity contribution in [2.75, 3.05) is 11.5 Å². The molecule has 2 fully saturated rings. The third-order valence-electron chi connectivity index (χ3n) is 3.49. The van der Waals surface area contributed by atoms with E-state index in [1.54, 1.807) is 0 Å². The summed E-state index contributed by atoms with van der Waals surface area (Å²) in [6.45, 7) is 2.35. The zero-order valence-corrected chi connectivity index (χ0v) is 10.6. The third-order valence-corrected chi connectivity index (χ3v) is 6.76. The van der Waals surface area contributed by atoms with Crippen molar-refractivity contribution in [2.45, 2.75) is 49.1 Å². The summed E-state index contributed by atoms with van der Waals surface area (Å²) < 4.78 is 0. The van der Waals surface area contributed by atoms with Crippen LogP contribution in [0.1, 0.15) is 32.6 Å². The summed E-state index contributed by atoms with van der Waals surface area (Å²) in [5.41, 5.74) is 6.32. The monoisotopic (exact) mass is 231 g/mol. The average Bonchev–Trinajstić information content (AvgIpc) is 2.12. The highest BCUT2D eigenvalue weighted by molar-refractivity contribution is 8.07. The lowest BCUT2D eigenvalue weighted by Crippen LogP contribution is -2.42. The second-order valence-corrected chi connectivity index (χ2v) is 7.38. The molecule has 0 bridgehead atoms. The first-order valence-corrected chi connectivity index (χ1v) is 7.86. The number of thioether (sulfide) groups is 2. The first kappa shape index (κ1) is 11.2. The Bertz CT molecular complexity index is 182. The lowest BCUT2D eigenvalue weighted by atomic mass is 9.80. The molecule has 0 aromatic rings. The first-order chi connectivity index (χ1) is 6.77. The number of nitrogens with two attached hydrogens (primary N) is 1. The quantitative estimate of drug-likeness (QED) is 0.809. The van der Waals surface area contributed by atoms with E-state index in [-0.39, 0.29) is 0 Å². The van der Waals surface area contributed by atoms with Gasteiger partial charge in [0.05, 0.1) is 0 Å². The van der Waals surface area contributed by atoms with Gasteiger partial charge in [0.1, 0.15) is 0 Å². The van der Waals surface area contributed by atoms with Gasteiger partial charge in [-0.15, -0.1) is 0 Å². The predicted octanol–water partition coefficient (Wildman–Crippen LogP) is 2.74. The fourth-order valence-electron chi connectivity index (χ4n) is 2.37. The largest absolute Gasteiger partial charge is 0.327 e. The zero-order valence-electron chi connectivity index (χ0n) is 8.95. The van der Waals surface area contributed by atoms with E-state index >= 15 is 0 Å². The normalized spacial score (nSPS) is 36.4. The lowest BCUT2D eigenvalue weighted by Gasteiger charge is -2.36. The van der Waals surface area contributed by atoms with Crippen LogP contribution in [0.15, 0.2) is 0 Å². The van der Waals surface area contributed by atoms with Crippen LogP contribution in [-0.4, -0.2) is 28.0 Å². The molecule has 2 aliphatic rings. The minimum absolute atomic E-state index is 0.452. The molecular formula is C11H21NS2. The van der Waals surface area contributed by atoms with Crippen molar-refractivity contribution in [3.63, 3.8) is 0 Å². The minimum atomic E-state index is 0.452. The zero-order chi connectivity index (χ0) is 9.97. The summed E-state index contributed by atoms with van der Waals surface area (Å²) in [6.07, 6.45) is 5.60. The van der Waals surface area contributed by atoms with Crippen LogP contribution in [-0.2, 0) is 0 Å². The van der Waals surface area contributed by atoms with Crippen molar-refractivity contribution in [3.8, 4) is 0 Å². The van der Waals surface area contributed by atoms with Crippen LogP contribution >= 0.6 is 23.5 Å². The molecule has 1 saturated carbocycles. The van der Waals surface area contributed by atoms with E-state index in [0.717, 1.165) is 11.2 Å². The smallest absolute Gasteiger partial charge is 0.0315 e. The molecule has 1 heterocycles. The molecule has 14 heavy (non-hydrogen) atoms. The highest BCUT2D eigenvalue weighted by atomic mass is 32.2. The van der Waals surface area contributed by atoms with Gasteiger partial charge in [-0.3, -0.25) is 0 Å². The Kier molecular flexibility index (Phi) is 4.09. The molecule has 0 radical (unpaired) electrons. The highest BCUT2D eigenvalue weighted by Gasteiger charge is 2.30. The Morgan fingerprint density at radius 1 is 1.29 bits per heavy atom. The minimum Gasteiger partial charge on any atom is -0.327 e. The Labute approximate surface area is 96.0 Å². The summed E-state index contributed by atoms with van der Waals surface area (Å²) in [5, 5.41) is 1.48. The van der Waals surface area contributed by atoms with Crippen molar-refractivity contribution >= 4 is 23.5 Å². The summed E-state index contributed by atoms with van der Waals surface area (Å²) in [4.78, 5) is 0. The van der Waals surface area contributed by atoms with Crippen molar-refractivity contribution in [1.29, 1.82) is 0 Å². The van der Waals surface area contributed by atoms with Crippen LogP contribution in [0.25, 0.3) is 0 Å². The molecule has 0 aromatic heterocycles. The van der Waals surface area contributed by atoms with Gasteiger partial charge < -0.3 is 5.73 Å². The third kappa shape index (κ3) is 2.61. The Balaban J connectivity index is 1.79. The molecule has 0 amide bonds. The van der Waals surface area contributed by atoms with E-state index in [1.165, 1.54) is 37.2 Å². The molecule has 1 aliphatic carbocycles. The summed E-state index contributed by atoms with van der Waals surface area (Å²) in [6, 6.07) is 0.452. The second kappa shape index (κ2) is 5.13. The van der Waals surface area contributed by atoms with Gasteiger partial charge in [-0.25, -0.2) is 0 Å². The molecule has 2 rings (SSSR count). The molecule has 0 spiro atoms. The van der Waals surface area contributed by atoms with Crippen molar-refractivity contribution < 1.29 is 0 Å². The number of rotatable bonds is 3. The van der Waals surface area contributed by atoms with Crippen LogP contribution in [0.5, 0.6) is 0 Å². The van der Waals surface area contributed by atoms with Crippen LogP contribution in [0.2, 0.25) is 0 Å². The van der Waals surface area contributed by atoms with Crippen LogP contribution < -0.4 is 5.73 Å². The van der Waals surface area contributed by atoms with Gasteiger partial charge >= 0.3 is 0 Å². The van der Waals surface area contributed by atoms with Gasteiger partial charge in [-0.2, -0.15) is 23.5 Å². The molecule has 3 unspecified atom stereocenters. The molecule has 1 nitrogen and oxygen atoms in total. The van der Waals surface area contributed by atoms with Crippen LogP contribution in [0, 0.1) is 5.92 Å². The molecule has 2 N–H and O–H groups in total. The SMILES string of the molecule is CC1SCCSC1C(N)CC1CCC1. The lowest BCUT2D eigenvalue weighted by molar-refractivity contribution is 0.274. The maximum atomic E-state index is 6.32. The Morgan fingerprint density at radius 2 is 2.00 bits per heavy atom. The summed E-state index contributed by atoms with van der Waals surface area (Å²) in [5.74, 6) is 3.58. The fraction of sp³-hybridized carbons (Fsp3) is 1.00. The van der Waals surface area contributed by atoms with Crippen LogP contribution in [0.4, 0.5) is 0 Å². The van der Waals surface area contributed by atoms with Gasteiger partial charge in [-0.05, 0) is 12.3 Å². The Hall–Kier alpha value is 0.660. The van der Waals surface area contributed by atoms with E-state index < -0.39 is 0 Å². The molecule has 1 saturated heterocycles. The summed E-state index contributed by atoms with van der Waals surface area (Å²) >= 11 is 4.22. The summed E-state index contributed by atoms with van der Waals surface area (Å²) in [7, 11) is 0. The number of hydrogen-bond acceptors (Lipinski definition) is 3. The van der Waals surface area contributed by atoms with Crippen LogP contribution in [0.3, 0.4) is 0 Å². The maximum absolute atomic E-state index is 6.32. The number of hydrogen-bond donors (Lipinski definition) is 1. The van der Waals surface area contributed by atoms with E-state index in [9.17, 15) is 0 Å². The van der Waals surface area contributed by atoms with E-state index in [1.807, 2.05) is 0 Å². The van der Waals surface area contributed by atoms with Crippen molar-refractivity contribution in [1.82, 2.24) is 0 Å². The molecular weight excluding hydrogens is 210 g/mol. The predicted molar refractivity (Wildman–Crippen MR) is 68.1 cm³/mol. The molecule has 3 atom stereocenters. The molecule has 82 valence electrons. The van der Waals surface area contributed by atoms with E-state index in [0.29, 0.717) is 11.3 Å². The standard InChI is InChI=1S/C11H21NS2/c1-8-11(14-6-5-13-8)10(12)7-9-3-2-4-9/h8-11H,2-7,12H2,1H3. The topological polar surface area (TPSA) is 26.0 Å². The van der Waals surface area contributed by atoms with Crippen molar-refractivity contribution in [2.24, 2.45) is 11.7 Å². The average molecular weight is 231 g/mol. The van der Waals surface area contributed by atoms with Gasteiger partial charge in [0, 0.05) is 28.0 Å². The second-order valence-electron chi connectivity index (χ2n) is 4.61. The Morgan fingerprint density at radius 3 is 2.57 bits per heavy atom. The van der Waals surface area contributed by atoms with E-state index in [4.69, 9.17) is 5.73 Å². The van der Waals surface area contributed by atoms with Gasteiger partial charge in [0.15, 0.2) is 0 Å². The van der Waals surface area contributed by atoms with Gasteiger partial charge in [0.25, 0.3) is 0 Å². The fourth-order valence-corrected chi connectivity index (χ4v) is 5.27. The maximum Gasteiger partial charge on any atom is 0.0315 e. The van der Waals surface area contributed by atoms with Gasteiger partial charge in [-0.1, -0.05) is 26.2 Å². The van der Waals surface area contributed by atoms with Crippen molar-refractivity contribution in [3.05, 3.63) is 0 Å². The highest BCUT2D eigenvalue weighted by Crippen LogP contribution is 2.37. The van der Waals surface area contributed by atoms with E-state index in [2.05, 4.69) is 30.4 Å².